The van der Waals surface area contributed by atoms with Crippen molar-refractivity contribution in [3.63, 3.8) is 0 Å². The summed E-state index contributed by atoms with van der Waals surface area (Å²) in [6.45, 7) is 4.99. The van der Waals surface area contributed by atoms with Crippen molar-refractivity contribution in [3.05, 3.63) is 84.2 Å². The van der Waals surface area contributed by atoms with Gasteiger partial charge < -0.3 is 9.47 Å². The van der Waals surface area contributed by atoms with Crippen LogP contribution in [0.1, 0.15) is 38.3 Å². The molecule has 0 N–H and O–H groups in total. The number of carbonyl (C=O) groups excluding carboxylic acids is 2. The molecular weight excluding hydrogens is 475 g/mol. The average molecular weight is 505 g/mol. The molecule has 3 atom stereocenters. The monoisotopic (exact) mass is 504 g/mol. The first-order valence-electron chi connectivity index (χ1n) is 12.6. The number of fused-ring (bicyclic) bond motifs is 1. The Kier molecular flexibility index (Phi) is 7.10. The summed E-state index contributed by atoms with van der Waals surface area (Å²) in [7, 11) is 0. The highest BCUT2D eigenvalue weighted by Gasteiger charge is 2.60. The van der Waals surface area contributed by atoms with Gasteiger partial charge in [0.2, 0.25) is 5.91 Å². The zero-order valence-electron chi connectivity index (χ0n) is 20.8. The summed E-state index contributed by atoms with van der Waals surface area (Å²) in [5.74, 6) is -1.14. The van der Waals surface area contributed by atoms with E-state index in [-0.39, 0.29) is 5.69 Å². The Bertz CT molecular complexity index is 1280. The number of rotatable bonds is 9. The van der Waals surface area contributed by atoms with Gasteiger partial charge in [0.1, 0.15) is 11.7 Å². The summed E-state index contributed by atoms with van der Waals surface area (Å²) < 4.78 is 25.8. The molecule has 0 aliphatic carbocycles. The molecule has 3 aromatic rings. The summed E-state index contributed by atoms with van der Waals surface area (Å²) in [6.07, 6.45) is 0.883. The van der Waals surface area contributed by atoms with Gasteiger partial charge in [-0.05, 0) is 61.4 Å². The third-order valence-electron chi connectivity index (χ3n) is 6.56. The van der Waals surface area contributed by atoms with Crippen molar-refractivity contribution in [2.45, 2.75) is 38.8 Å². The number of imide groups is 1. The maximum Gasteiger partial charge on any atom is 0.266 e. The molecule has 2 aliphatic heterocycles. The number of nitrogens with zero attached hydrogens (tertiary/aromatic N) is 2. The number of unbranched alkanes of at least 4 members (excludes halogenated alkanes) is 1. The fourth-order valence-electron chi connectivity index (χ4n) is 4.84. The van der Waals surface area contributed by atoms with Gasteiger partial charge in [-0.3, -0.25) is 14.4 Å². The Labute approximate surface area is 215 Å². The van der Waals surface area contributed by atoms with Crippen molar-refractivity contribution in [1.82, 2.24) is 0 Å². The Morgan fingerprint density at radius 2 is 1.65 bits per heavy atom. The van der Waals surface area contributed by atoms with Crippen molar-refractivity contribution in [2.24, 2.45) is 5.92 Å². The molecule has 7 nitrogen and oxygen atoms in total. The highest BCUT2D eigenvalue weighted by atomic mass is 19.1. The molecule has 2 fully saturated rings. The molecule has 0 aromatic heterocycles. The average Bonchev–Trinajstić information content (AvgIpc) is 3.41. The number of benzene rings is 3. The Balaban J connectivity index is 1.55. The van der Waals surface area contributed by atoms with Gasteiger partial charge in [0.15, 0.2) is 17.6 Å². The van der Waals surface area contributed by atoms with Crippen molar-refractivity contribution in [3.8, 4) is 11.5 Å². The molecular formula is C29H29FN2O5. The van der Waals surface area contributed by atoms with E-state index in [4.69, 9.17) is 14.3 Å². The zero-order chi connectivity index (χ0) is 25.9. The van der Waals surface area contributed by atoms with Crippen molar-refractivity contribution >= 4 is 23.2 Å². The van der Waals surface area contributed by atoms with Gasteiger partial charge in [0, 0.05) is 0 Å². The molecule has 192 valence electrons. The van der Waals surface area contributed by atoms with Crippen molar-refractivity contribution in [1.29, 1.82) is 0 Å². The number of hydroxylamine groups is 1. The van der Waals surface area contributed by atoms with Gasteiger partial charge >= 0.3 is 0 Å². The molecule has 0 spiro atoms. The van der Waals surface area contributed by atoms with Crippen LogP contribution in [0.4, 0.5) is 15.8 Å². The van der Waals surface area contributed by atoms with Crippen molar-refractivity contribution in [2.75, 3.05) is 23.2 Å². The topological polar surface area (TPSA) is 68.3 Å². The minimum Gasteiger partial charge on any atom is -0.490 e. The lowest BCUT2D eigenvalue weighted by Crippen LogP contribution is -2.37. The van der Waals surface area contributed by atoms with Crippen LogP contribution in [-0.2, 0) is 14.4 Å². The van der Waals surface area contributed by atoms with Gasteiger partial charge in [-0.15, -0.1) is 0 Å². The van der Waals surface area contributed by atoms with E-state index in [1.165, 1.54) is 18.2 Å². The lowest BCUT2D eigenvalue weighted by Gasteiger charge is -2.29. The minimum atomic E-state index is -1.04. The third-order valence-corrected chi connectivity index (χ3v) is 6.56. The van der Waals surface area contributed by atoms with E-state index in [9.17, 15) is 14.0 Å². The summed E-state index contributed by atoms with van der Waals surface area (Å²) in [5.41, 5.74) is 1.64. The molecule has 0 unspecified atom stereocenters. The zero-order valence-corrected chi connectivity index (χ0v) is 20.8. The van der Waals surface area contributed by atoms with Crippen LogP contribution in [0.25, 0.3) is 0 Å². The second-order valence-corrected chi connectivity index (χ2v) is 8.99. The molecule has 2 amide bonds. The second kappa shape index (κ2) is 10.6. The van der Waals surface area contributed by atoms with Gasteiger partial charge in [-0.2, -0.15) is 0 Å². The van der Waals surface area contributed by atoms with E-state index in [0.717, 1.165) is 23.3 Å². The lowest BCUT2D eigenvalue weighted by atomic mass is 9.90. The van der Waals surface area contributed by atoms with E-state index >= 15 is 0 Å². The second-order valence-electron chi connectivity index (χ2n) is 8.99. The number of amides is 2. The molecule has 0 saturated carbocycles. The van der Waals surface area contributed by atoms with Crippen LogP contribution in [0, 0.1) is 11.7 Å². The Morgan fingerprint density at radius 1 is 0.865 bits per heavy atom. The van der Waals surface area contributed by atoms with E-state index in [0.29, 0.717) is 30.4 Å². The minimum absolute atomic E-state index is 0.188. The van der Waals surface area contributed by atoms with E-state index < -0.39 is 35.7 Å². The maximum atomic E-state index is 13.9. The van der Waals surface area contributed by atoms with Gasteiger partial charge in [0.25, 0.3) is 5.91 Å². The first-order valence-corrected chi connectivity index (χ1v) is 12.6. The number of anilines is 2. The van der Waals surface area contributed by atoms with E-state index in [2.05, 4.69) is 6.92 Å². The number of ether oxygens (including phenoxy) is 2. The summed E-state index contributed by atoms with van der Waals surface area (Å²) in [6, 6.07) is 19.7. The molecule has 2 heterocycles. The predicted octanol–water partition coefficient (Wildman–Crippen LogP) is 5.45. The van der Waals surface area contributed by atoms with Gasteiger partial charge in [0.05, 0.1) is 30.6 Å². The number of carbonyl (C=O) groups is 2. The molecule has 5 rings (SSSR count). The number of halogens is 1. The first kappa shape index (κ1) is 24.8. The van der Waals surface area contributed by atoms with Gasteiger partial charge in [-0.25, -0.2) is 14.4 Å². The van der Waals surface area contributed by atoms with Gasteiger partial charge in [-0.1, -0.05) is 43.7 Å². The van der Waals surface area contributed by atoms with Crippen LogP contribution >= 0.6 is 0 Å². The quantitative estimate of drug-likeness (QED) is 0.285. The summed E-state index contributed by atoms with van der Waals surface area (Å²) in [5, 5.41) is 1.62. The van der Waals surface area contributed by atoms with Crippen LogP contribution in [0.2, 0.25) is 0 Å². The van der Waals surface area contributed by atoms with Crippen LogP contribution in [0.5, 0.6) is 11.5 Å². The van der Waals surface area contributed by atoms with E-state index in [1.54, 1.807) is 11.1 Å². The lowest BCUT2D eigenvalue weighted by molar-refractivity contribution is -0.126. The predicted molar refractivity (Wildman–Crippen MR) is 137 cm³/mol. The van der Waals surface area contributed by atoms with Crippen molar-refractivity contribution < 1.29 is 28.3 Å². The molecule has 37 heavy (non-hydrogen) atoms. The van der Waals surface area contributed by atoms with Crippen LogP contribution in [-0.4, -0.2) is 31.1 Å². The highest BCUT2D eigenvalue weighted by Crippen LogP contribution is 2.48. The van der Waals surface area contributed by atoms with Crippen LogP contribution in [0.3, 0.4) is 0 Å². The van der Waals surface area contributed by atoms with Crippen LogP contribution in [0.15, 0.2) is 72.8 Å². The number of hydrogen-bond acceptors (Lipinski definition) is 6. The van der Waals surface area contributed by atoms with Crippen LogP contribution < -0.4 is 19.4 Å². The summed E-state index contributed by atoms with van der Waals surface area (Å²) in [4.78, 5) is 34.4. The smallest absolute Gasteiger partial charge is 0.266 e. The number of para-hydroxylation sites is 1. The summed E-state index contributed by atoms with van der Waals surface area (Å²) >= 11 is 0. The molecule has 0 bridgehead atoms. The molecule has 2 aliphatic rings. The normalized spacial score (nSPS) is 20.9. The van der Waals surface area contributed by atoms with E-state index in [1.807, 2.05) is 55.5 Å². The largest absolute Gasteiger partial charge is 0.490 e. The molecule has 3 aromatic carbocycles. The third kappa shape index (κ3) is 4.64. The standard InChI is InChI=1S/C29H29FN2O5/c1-3-5-16-36-23-15-14-19(17-24(23)35-4-2)26-25-27(37-32(26)21-11-7-6-8-12-21)29(34)31(28(25)33)22-13-9-10-20(30)18-22/h6-15,17-18,25-27H,3-5,16H2,1-2H3/t25-,26-,27-/m0/s1. The SMILES string of the molecule is CCCCOc1ccc([C@H]2[C@@H]3C(=O)N(c4cccc(F)c4)C(=O)[C@H]3ON2c2ccccc2)cc1OCC. The molecule has 2 saturated heterocycles. The fourth-order valence-corrected chi connectivity index (χ4v) is 4.84. The molecule has 8 heteroatoms. The first-order chi connectivity index (χ1) is 18.0. The Hall–Kier alpha value is -3.91. The fraction of sp³-hybridized carbons (Fsp3) is 0.310. The maximum absolute atomic E-state index is 13.9. The molecule has 0 radical (unpaired) electrons. The Morgan fingerprint density at radius 3 is 2.38 bits per heavy atom. The number of hydrogen-bond donors (Lipinski definition) is 0. The highest BCUT2D eigenvalue weighted by molar-refractivity contribution is 6.23.